The van der Waals surface area contributed by atoms with Gasteiger partial charge in [-0.2, -0.15) is 0 Å². The lowest BCUT2D eigenvalue weighted by molar-refractivity contribution is -0.144. The van der Waals surface area contributed by atoms with Gasteiger partial charge in [0.1, 0.15) is 30.0 Å². The van der Waals surface area contributed by atoms with Gasteiger partial charge in [-0.15, -0.1) is 24.8 Å². The second-order valence-electron chi connectivity index (χ2n) is 21.3. The number of aryl methyl sites for hydroxylation is 1. The zero-order valence-electron chi connectivity index (χ0n) is 45.5. The number of fused-ring (bicyclic) bond motifs is 1. The predicted molar refractivity (Wildman–Crippen MR) is 297 cm³/mol. The molecule has 0 spiro atoms. The number of hydrogen-bond acceptors (Lipinski definition) is 11. The smallest absolute Gasteiger partial charge is 0.251 e. The van der Waals surface area contributed by atoms with Crippen molar-refractivity contribution in [3.8, 4) is 0 Å². The van der Waals surface area contributed by atoms with Gasteiger partial charge in [-0.1, -0.05) is 81.4 Å². The van der Waals surface area contributed by atoms with Gasteiger partial charge in [0.25, 0.3) is 11.8 Å². The second-order valence-corrected chi connectivity index (χ2v) is 21.3. The zero-order valence-corrected chi connectivity index (χ0v) is 47.2. The van der Waals surface area contributed by atoms with Crippen molar-refractivity contribution < 1.29 is 43.2 Å². The molecular formula is C56H78Cl2N10O9. The van der Waals surface area contributed by atoms with Crippen molar-refractivity contribution >= 4 is 77.9 Å². The molecule has 0 unspecified atom stereocenters. The Morgan fingerprint density at radius 2 is 1.17 bits per heavy atom. The lowest BCUT2D eigenvalue weighted by Crippen LogP contribution is -2.59. The van der Waals surface area contributed by atoms with Crippen LogP contribution < -0.4 is 42.5 Å². The first kappa shape index (κ1) is 63.1. The molecule has 8 N–H and O–H groups in total. The highest BCUT2D eigenvalue weighted by molar-refractivity contribution is 6.01. The van der Waals surface area contributed by atoms with E-state index in [2.05, 4.69) is 48.6 Å². The minimum atomic E-state index is -1.14. The number of nitrogens with one attached hydrogen (secondary N) is 8. The largest absolute Gasteiger partial charge is 0.348 e. The van der Waals surface area contributed by atoms with E-state index in [1.807, 2.05) is 76.2 Å². The number of rotatable bonds is 20. The van der Waals surface area contributed by atoms with Crippen LogP contribution in [0.5, 0.6) is 0 Å². The van der Waals surface area contributed by atoms with E-state index in [1.54, 1.807) is 34.0 Å². The molecule has 21 heteroatoms. The molecule has 2 heterocycles. The minimum absolute atomic E-state index is 0. The van der Waals surface area contributed by atoms with Crippen LogP contribution in [-0.4, -0.2) is 138 Å². The average Bonchev–Trinajstić information content (AvgIpc) is 4.03. The summed E-state index contributed by atoms with van der Waals surface area (Å²) in [7, 11) is 3.24. The first-order valence-corrected chi connectivity index (χ1v) is 26.1. The summed E-state index contributed by atoms with van der Waals surface area (Å²) in [5.74, 6) is -4.05. The van der Waals surface area contributed by atoms with Gasteiger partial charge < -0.3 is 57.1 Å². The maximum atomic E-state index is 14.7. The number of likely N-dealkylation sites (N-methyl/N-ethyl adjacent to an activating group) is 2. The van der Waals surface area contributed by atoms with Crippen LogP contribution >= 0.6 is 24.8 Å². The van der Waals surface area contributed by atoms with Crippen LogP contribution in [0, 0.1) is 5.41 Å². The number of amides is 8. The molecule has 2 fully saturated rings. The summed E-state index contributed by atoms with van der Waals surface area (Å²) in [5.41, 5.74) is 2.50. The number of carbonyl (C=O) groups is 9. The summed E-state index contributed by atoms with van der Waals surface area (Å²) in [6, 6.07) is 15.7. The molecular weight excluding hydrogens is 1030 g/mol. The number of carbonyl (C=O) groups excluding carboxylic acids is 9. The van der Waals surface area contributed by atoms with Crippen molar-refractivity contribution in [2.75, 3.05) is 27.2 Å². The van der Waals surface area contributed by atoms with E-state index < -0.39 is 95.2 Å². The summed E-state index contributed by atoms with van der Waals surface area (Å²) < 4.78 is 0. The Labute approximate surface area is 464 Å². The molecule has 3 aliphatic rings. The quantitative estimate of drug-likeness (QED) is 0.0812. The summed E-state index contributed by atoms with van der Waals surface area (Å²) >= 11 is 0. The molecule has 1 aliphatic carbocycles. The number of ketones is 1. The van der Waals surface area contributed by atoms with Crippen LogP contribution in [0.1, 0.15) is 136 Å². The third kappa shape index (κ3) is 16.3. The van der Waals surface area contributed by atoms with E-state index in [0.717, 1.165) is 36.0 Å². The van der Waals surface area contributed by atoms with Gasteiger partial charge in [0.2, 0.25) is 35.4 Å². The predicted octanol–water partition coefficient (Wildman–Crippen LogP) is 3.60. The Morgan fingerprint density at radius 1 is 0.636 bits per heavy atom. The molecule has 77 heavy (non-hydrogen) atoms. The normalized spacial score (nSPS) is 20.7. The molecule has 0 bridgehead atoms. The fourth-order valence-corrected chi connectivity index (χ4v) is 9.96. The summed E-state index contributed by atoms with van der Waals surface area (Å²) in [5, 5.41) is 23.5. The van der Waals surface area contributed by atoms with Gasteiger partial charge >= 0.3 is 0 Å². The SMILES string of the molecule is CN[C@@H](C)C(=O)N[C@@H](CCC(C)=O)C(=O)N1C[C@@H](NC(=O)c2cccc(C(=O)N[C@H]3C[C@@H](C(=O)N[C@@H]4CCCc5ccccc54)N(C(=O)[C@@H](NC(=O)[C@H](C)NC)C(C)(C)C)C3)c2)C[C@H]1C(=O)N[C@H](C)c1ccccc1.Cl.Cl. The van der Waals surface area contributed by atoms with Gasteiger partial charge in [-0.25, -0.2) is 0 Å². The van der Waals surface area contributed by atoms with Gasteiger partial charge in [-0.3, -0.25) is 38.4 Å². The lowest BCUT2D eigenvalue weighted by Gasteiger charge is -2.36. The first-order chi connectivity index (χ1) is 35.6. The van der Waals surface area contributed by atoms with E-state index in [9.17, 15) is 43.2 Å². The molecule has 3 aromatic rings. The van der Waals surface area contributed by atoms with Crippen molar-refractivity contribution in [1.82, 2.24) is 52.3 Å². The Hall–Kier alpha value is -6.41. The molecule has 420 valence electrons. The fourth-order valence-electron chi connectivity index (χ4n) is 9.96. The number of nitrogens with zero attached hydrogens (tertiary/aromatic N) is 2. The number of halogens is 2. The average molecular weight is 1110 g/mol. The van der Waals surface area contributed by atoms with Gasteiger partial charge in [-0.05, 0) is 121 Å². The highest BCUT2D eigenvalue weighted by Gasteiger charge is 2.47. The Bertz CT molecular complexity index is 2600. The molecule has 3 aromatic carbocycles. The van der Waals surface area contributed by atoms with E-state index in [4.69, 9.17) is 0 Å². The van der Waals surface area contributed by atoms with Crippen molar-refractivity contribution in [3.05, 3.63) is 107 Å². The Kier molecular flexibility index (Phi) is 23.2. The van der Waals surface area contributed by atoms with Gasteiger partial charge in [0.05, 0.1) is 24.2 Å². The maximum absolute atomic E-state index is 14.7. The van der Waals surface area contributed by atoms with Crippen molar-refractivity contribution in [2.45, 2.75) is 154 Å². The third-order valence-corrected chi connectivity index (χ3v) is 14.6. The highest BCUT2D eigenvalue weighted by atomic mass is 35.5. The molecule has 0 radical (unpaired) electrons. The summed E-state index contributed by atoms with van der Waals surface area (Å²) in [6.45, 7) is 11.9. The molecule has 6 rings (SSSR count). The number of hydrogen-bond donors (Lipinski definition) is 8. The second kappa shape index (κ2) is 28.3. The standard InChI is InChI=1S/C56H76N10O9.2ClH/c1-32(67)25-26-44(63-48(68)34(3)57-8)54(74)65-30-40(28-45(65)52(72)59-33(2)36-17-11-10-12-18-36)60-50(70)38-21-15-22-39(27-38)51(71)61-41-29-46(53(73)62-43-24-16-20-37-19-13-14-23-42(37)43)66(31-41)55(75)47(56(5,6)7)64-49(69)35(4)58-9;;/h10-15,17-19,21-23,27,33-35,40-41,43-47,57-58H,16,20,24-26,28-31H2,1-9H3,(H,59,72)(H,60,70)(H,61,71)(H,62,73)(H,63,68)(H,64,69);2*1H/t33-,34+,35+,40+,41+,43-,44+,45+,46+,47-;;/m1../s1. The number of Topliss-reactive ketones (excluding diaryl/α,β-unsaturated/α-hetero) is 1. The minimum Gasteiger partial charge on any atom is -0.348 e. The van der Waals surface area contributed by atoms with Crippen LogP contribution in [0.25, 0.3) is 0 Å². The van der Waals surface area contributed by atoms with Crippen molar-refractivity contribution in [1.29, 1.82) is 0 Å². The molecule has 0 saturated carbocycles. The van der Waals surface area contributed by atoms with Crippen LogP contribution in [0.3, 0.4) is 0 Å². The van der Waals surface area contributed by atoms with Crippen LogP contribution in [-0.2, 0) is 40.0 Å². The Balaban J connectivity index is 0.00000640. The van der Waals surface area contributed by atoms with Gasteiger partial charge in [0.15, 0.2) is 0 Å². The van der Waals surface area contributed by atoms with Gasteiger partial charge in [0, 0.05) is 42.7 Å². The molecule has 2 aliphatic heterocycles. The fraction of sp³-hybridized carbons (Fsp3) is 0.518. The Morgan fingerprint density at radius 3 is 1.73 bits per heavy atom. The molecule has 10 atom stereocenters. The van der Waals surface area contributed by atoms with E-state index in [1.165, 1.54) is 34.9 Å². The van der Waals surface area contributed by atoms with E-state index >= 15 is 0 Å². The monoisotopic (exact) mass is 1100 g/mol. The van der Waals surface area contributed by atoms with Crippen LogP contribution in [0.15, 0.2) is 78.9 Å². The number of benzene rings is 3. The molecule has 0 aromatic heterocycles. The van der Waals surface area contributed by atoms with Crippen LogP contribution in [0.4, 0.5) is 0 Å². The maximum Gasteiger partial charge on any atom is 0.251 e. The zero-order chi connectivity index (χ0) is 54.7. The summed E-state index contributed by atoms with van der Waals surface area (Å²) in [6.07, 6.45) is 2.59. The van der Waals surface area contributed by atoms with Crippen molar-refractivity contribution in [2.24, 2.45) is 5.41 Å². The molecule has 2 saturated heterocycles. The number of likely N-dealkylation sites (tertiary alicyclic amines) is 2. The topological polar surface area (TPSA) is 256 Å². The lowest BCUT2D eigenvalue weighted by atomic mass is 9.85. The summed E-state index contributed by atoms with van der Waals surface area (Å²) in [4.78, 5) is 127. The van der Waals surface area contributed by atoms with E-state index in [0.29, 0.717) is 0 Å². The first-order valence-electron chi connectivity index (χ1n) is 26.1. The van der Waals surface area contributed by atoms with E-state index in [-0.39, 0.29) is 98.4 Å². The molecule has 8 amide bonds. The molecule has 19 nitrogen and oxygen atoms in total. The van der Waals surface area contributed by atoms with Crippen LogP contribution in [0.2, 0.25) is 0 Å². The highest BCUT2D eigenvalue weighted by Crippen LogP contribution is 2.32. The van der Waals surface area contributed by atoms with Crippen molar-refractivity contribution in [3.63, 3.8) is 0 Å². The third-order valence-electron chi connectivity index (χ3n) is 14.6.